The lowest BCUT2D eigenvalue weighted by molar-refractivity contribution is 0.592. The van der Waals surface area contributed by atoms with Gasteiger partial charge < -0.3 is 0 Å². The molecular weight excluding hydrogens is 224 g/mol. The molecule has 0 aliphatic heterocycles. The topological polar surface area (TPSA) is 68.3 Å². The minimum Gasteiger partial charge on any atom is -0.224 e. The van der Waals surface area contributed by atoms with Gasteiger partial charge in [-0.15, -0.1) is 0 Å². The highest BCUT2D eigenvalue weighted by molar-refractivity contribution is 7.98. The molecule has 0 aliphatic rings. The first kappa shape index (κ1) is 13.6. The lowest BCUT2D eigenvalue weighted by Crippen LogP contribution is -2.14. The maximum Gasteiger partial charge on any atom is 0.174 e. The molecule has 0 aromatic carbocycles. The minimum atomic E-state index is -3.42. The molecule has 0 rings (SSSR count). The molecule has 6 heteroatoms. The summed E-state index contributed by atoms with van der Waals surface area (Å²) in [6.45, 7) is 6.01. The second-order valence-corrected chi connectivity index (χ2v) is 8.33. The number of hydrogen-bond acceptors (Lipinski definition) is 4. The van der Waals surface area contributed by atoms with Gasteiger partial charge in [-0.2, -0.15) is 0 Å². The Labute approximate surface area is 85.9 Å². The van der Waals surface area contributed by atoms with E-state index in [1.165, 1.54) is 27.7 Å². The van der Waals surface area contributed by atoms with E-state index < -0.39 is 30.2 Å². The summed E-state index contributed by atoms with van der Waals surface area (Å²) in [6, 6.07) is 0. The summed E-state index contributed by atoms with van der Waals surface area (Å²) in [6.07, 6.45) is 0. The van der Waals surface area contributed by atoms with Gasteiger partial charge in [0.2, 0.25) is 0 Å². The first-order chi connectivity index (χ1) is 6.09. The highest BCUT2D eigenvalue weighted by atomic mass is 32.2. The van der Waals surface area contributed by atoms with Gasteiger partial charge in [-0.25, -0.2) is 16.8 Å². The Morgan fingerprint density at radius 2 is 0.929 bits per heavy atom. The van der Waals surface area contributed by atoms with Gasteiger partial charge in [0.05, 0.1) is 10.5 Å². The van der Waals surface area contributed by atoms with Crippen molar-refractivity contribution in [2.75, 3.05) is 0 Å². The van der Waals surface area contributed by atoms with Gasteiger partial charge in [0.25, 0.3) is 0 Å². The Kier molecular flexibility index (Phi) is 4.33. The molecule has 0 aliphatic carbocycles. The van der Waals surface area contributed by atoms with E-state index in [4.69, 9.17) is 0 Å². The molecule has 14 heavy (non-hydrogen) atoms. The first-order valence-corrected chi connectivity index (χ1v) is 7.47. The van der Waals surface area contributed by atoms with Crippen LogP contribution in [0.4, 0.5) is 0 Å². The lowest BCUT2D eigenvalue weighted by atomic mass is 10.6. The van der Waals surface area contributed by atoms with Gasteiger partial charge in [-0.05, 0) is 27.7 Å². The largest absolute Gasteiger partial charge is 0.224 e. The molecule has 0 unspecified atom stereocenters. The third-order valence-corrected chi connectivity index (χ3v) is 5.58. The molecular formula is C8H16O4S2. The van der Waals surface area contributed by atoms with Gasteiger partial charge in [0.15, 0.2) is 19.7 Å². The van der Waals surface area contributed by atoms with Crippen LogP contribution in [0, 0.1) is 0 Å². The summed E-state index contributed by atoms with van der Waals surface area (Å²) in [5.41, 5.74) is 0. The van der Waals surface area contributed by atoms with E-state index in [2.05, 4.69) is 0 Å². The molecule has 0 spiro atoms. The molecule has 0 amide bonds. The molecule has 0 aromatic heterocycles. The molecule has 0 N–H and O–H groups in total. The zero-order valence-corrected chi connectivity index (χ0v) is 10.4. The summed E-state index contributed by atoms with van der Waals surface area (Å²) in [5.74, 6) is 0. The average Bonchev–Trinajstić information content (AvgIpc) is 2.01. The van der Waals surface area contributed by atoms with Crippen LogP contribution in [0.2, 0.25) is 0 Å². The molecule has 0 bridgehead atoms. The predicted molar refractivity (Wildman–Crippen MR) is 57.3 cm³/mol. The highest BCUT2D eigenvalue weighted by Gasteiger charge is 2.16. The Hall–Kier alpha value is -0.360. The summed E-state index contributed by atoms with van der Waals surface area (Å²) in [4.78, 5) is 0. The van der Waals surface area contributed by atoms with E-state index in [0.29, 0.717) is 0 Å². The van der Waals surface area contributed by atoms with Crippen LogP contribution in [0.3, 0.4) is 0 Å². The zero-order chi connectivity index (χ0) is 11.6. The van der Waals surface area contributed by atoms with Crippen LogP contribution in [0.15, 0.2) is 10.8 Å². The fraction of sp³-hybridized carbons (Fsp3) is 0.750. The van der Waals surface area contributed by atoms with Crippen LogP contribution in [0.25, 0.3) is 0 Å². The lowest BCUT2D eigenvalue weighted by Gasteiger charge is -2.03. The first-order valence-electron chi connectivity index (χ1n) is 4.25. The second-order valence-electron chi connectivity index (χ2n) is 3.55. The molecule has 0 heterocycles. The quantitative estimate of drug-likeness (QED) is 0.738. The fourth-order valence-corrected chi connectivity index (χ4v) is 2.34. The zero-order valence-electron chi connectivity index (χ0n) is 8.76. The van der Waals surface area contributed by atoms with Gasteiger partial charge in [-0.3, -0.25) is 0 Å². The van der Waals surface area contributed by atoms with Crippen LogP contribution >= 0.6 is 0 Å². The van der Waals surface area contributed by atoms with Crippen molar-refractivity contribution in [1.82, 2.24) is 0 Å². The van der Waals surface area contributed by atoms with Crippen molar-refractivity contribution in [3.63, 3.8) is 0 Å². The highest BCUT2D eigenvalue weighted by Crippen LogP contribution is 2.07. The average molecular weight is 240 g/mol. The molecule has 0 aromatic rings. The molecule has 0 fully saturated rings. The maximum atomic E-state index is 11.2. The van der Waals surface area contributed by atoms with E-state index in [-0.39, 0.29) is 0 Å². The Morgan fingerprint density at radius 3 is 1.07 bits per heavy atom. The van der Waals surface area contributed by atoms with E-state index in [1.807, 2.05) is 0 Å². The van der Waals surface area contributed by atoms with Gasteiger partial charge >= 0.3 is 0 Å². The number of sulfone groups is 2. The number of hydrogen-bond donors (Lipinski definition) is 0. The standard InChI is InChI=1S/C8H16O4S2/c1-7(2)13(9,10)5-6-14(11,12)8(3)4/h5-8H,1-4H3. The van der Waals surface area contributed by atoms with E-state index >= 15 is 0 Å². The fourth-order valence-electron chi connectivity index (χ4n) is 0.469. The molecule has 0 radical (unpaired) electrons. The SMILES string of the molecule is CC(C)S(=O)(=O)C=CS(=O)(=O)C(C)C. The van der Waals surface area contributed by atoms with Crippen LogP contribution in [0.1, 0.15) is 27.7 Å². The van der Waals surface area contributed by atoms with Crippen LogP contribution < -0.4 is 0 Å². The van der Waals surface area contributed by atoms with Crippen LogP contribution in [0.5, 0.6) is 0 Å². The van der Waals surface area contributed by atoms with Crippen LogP contribution in [-0.2, 0) is 19.7 Å². The summed E-state index contributed by atoms with van der Waals surface area (Å²) in [7, 11) is -6.85. The summed E-state index contributed by atoms with van der Waals surface area (Å²) in [5, 5.41) is 0.349. The minimum absolute atomic E-state index is 0.596. The van der Waals surface area contributed by atoms with Crippen molar-refractivity contribution in [3.05, 3.63) is 10.8 Å². The van der Waals surface area contributed by atoms with Crippen molar-refractivity contribution >= 4 is 19.7 Å². The number of rotatable bonds is 4. The Balaban J connectivity index is 4.98. The smallest absolute Gasteiger partial charge is 0.174 e. The predicted octanol–water partition coefficient (Wildman–Crippen LogP) is 1.10. The molecule has 0 saturated heterocycles. The van der Waals surface area contributed by atoms with Crippen molar-refractivity contribution < 1.29 is 16.8 Å². The maximum absolute atomic E-state index is 11.2. The van der Waals surface area contributed by atoms with Gasteiger partial charge in [0, 0.05) is 10.8 Å². The monoisotopic (exact) mass is 240 g/mol. The molecule has 84 valence electrons. The van der Waals surface area contributed by atoms with Crippen molar-refractivity contribution in [3.8, 4) is 0 Å². The third kappa shape index (κ3) is 3.79. The van der Waals surface area contributed by atoms with E-state index in [9.17, 15) is 16.8 Å². The van der Waals surface area contributed by atoms with Crippen molar-refractivity contribution in [2.45, 2.75) is 38.2 Å². The summed E-state index contributed by atoms with van der Waals surface area (Å²) < 4.78 is 45.0. The Morgan fingerprint density at radius 1 is 0.714 bits per heavy atom. The van der Waals surface area contributed by atoms with Crippen LogP contribution in [-0.4, -0.2) is 27.3 Å². The Bertz CT molecular complexity index is 359. The molecule has 4 nitrogen and oxygen atoms in total. The second kappa shape index (κ2) is 4.44. The summed E-state index contributed by atoms with van der Waals surface area (Å²) >= 11 is 0. The van der Waals surface area contributed by atoms with Crippen molar-refractivity contribution in [1.29, 1.82) is 0 Å². The molecule has 0 atom stereocenters. The van der Waals surface area contributed by atoms with Crippen molar-refractivity contribution in [2.24, 2.45) is 0 Å². The third-order valence-electron chi connectivity index (χ3n) is 1.75. The van der Waals surface area contributed by atoms with Gasteiger partial charge in [-0.1, -0.05) is 0 Å². The van der Waals surface area contributed by atoms with Gasteiger partial charge in [0.1, 0.15) is 0 Å². The normalized spacial score (nSPS) is 14.4. The molecule has 0 saturated carbocycles. The van der Waals surface area contributed by atoms with E-state index in [0.717, 1.165) is 10.8 Å². The van der Waals surface area contributed by atoms with E-state index in [1.54, 1.807) is 0 Å².